The molecule has 0 N–H and O–H groups in total. The first-order valence-corrected chi connectivity index (χ1v) is 7.21. The van der Waals surface area contributed by atoms with Gasteiger partial charge in [-0.1, -0.05) is 28.8 Å². The van der Waals surface area contributed by atoms with Crippen molar-refractivity contribution < 1.29 is 0 Å². The van der Waals surface area contributed by atoms with Crippen LogP contribution in [-0.4, -0.2) is 14.6 Å². The Hall–Kier alpha value is 0.170. The summed E-state index contributed by atoms with van der Waals surface area (Å²) in [5, 5.41) is 4.30. The molecule has 2 unspecified atom stereocenters. The molecule has 0 amide bonds. The predicted octanol–water partition coefficient (Wildman–Crippen LogP) is 3.99. The molecule has 84 valence electrons. The standard InChI is InChI=1S/C11H16Br2N2/c1-15-11(10(13)7-14-15)8-4-2-3-5-9(12)6-8/h7-9H,2-6H2,1H3. The fraction of sp³-hybridized carbons (Fsp3) is 0.727. The first-order chi connectivity index (χ1) is 7.18. The summed E-state index contributed by atoms with van der Waals surface area (Å²) in [5.41, 5.74) is 1.36. The van der Waals surface area contributed by atoms with Crippen LogP contribution in [0.4, 0.5) is 0 Å². The number of halogens is 2. The van der Waals surface area contributed by atoms with Crippen LogP contribution in [-0.2, 0) is 7.05 Å². The van der Waals surface area contributed by atoms with Gasteiger partial charge in [0.25, 0.3) is 0 Å². The minimum atomic E-state index is 0.652. The van der Waals surface area contributed by atoms with Gasteiger partial charge in [0.2, 0.25) is 0 Å². The van der Waals surface area contributed by atoms with Gasteiger partial charge in [0, 0.05) is 17.8 Å². The third-order valence-electron chi connectivity index (χ3n) is 3.18. The van der Waals surface area contributed by atoms with Gasteiger partial charge in [-0.15, -0.1) is 0 Å². The van der Waals surface area contributed by atoms with Crippen molar-refractivity contribution in [1.82, 2.24) is 9.78 Å². The van der Waals surface area contributed by atoms with E-state index in [1.807, 2.05) is 17.9 Å². The van der Waals surface area contributed by atoms with Gasteiger partial charge in [-0.25, -0.2) is 0 Å². The summed E-state index contributed by atoms with van der Waals surface area (Å²) in [4.78, 5) is 0.673. The van der Waals surface area contributed by atoms with Crippen LogP contribution >= 0.6 is 31.9 Å². The first kappa shape index (κ1) is 11.6. The summed E-state index contributed by atoms with van der Waals surface area (Å²) in [6, 6.07) is 0. The molecule has 0 aliphatic heterocycles. The van der Waals surface area contributed by atoms with E-state index in [0.717, 1.165) is 4.47 Å². The smallest absolute Gasteiger partial charge is 0.0635 e. The Bertz CT molecular complexity index is 316. The Morgan fingerprint density at radius 3 is 2.80 bits per heavy atom. The topological polar surface area (TPSA) is 17.8 Å². The molecule has 1 aromatic rings. The summed E-state index contributed by atoms with van der Waals surface area (Å²) in [5.74, 6) is 0.652. The van der Waals surface area contributed by atoms with Gasteiger partial charge in [0.15, 0.2) is 0 Å². The lowest BCUT2D eigenvalue weighted by Crippen LogP contribution is -2.09. The van der Waals surface area contributed by atoms with E-state index in [1.54, 1.807) is 0 Å². The number of aromatic nitrogens is 2. The number of nitrogens with zero attached hydrogens (tertiary/aromatic N) is 2. The van der Waals surface area contributed by atoms with E-state index in [0.29, 0.717) is 10.7 Å². The molecule has 2 atom stereocenters. The van der Waals surface area contributed by atoms with Crippen molar-refractivity contribution in [1.29, 1.82) is 0 Å². The Morgan fingerprint density at radius 1 is 1.40 bits per heavy atom. The van der Waals surface area contributed by atoms with Crippen molar-refractivity contribution in [2.75, 3.05) is 0 Å². The third kappa shape index (κ3) is 2.64. The average molecular weight is 336 g/mol. The maximum atomic E-state index is 4.30. The van der Waals surface area contributed by atoms with Crippen molar-refractivity contribution in [3.63, 3.8) is 0 Å². The molecule has 1 aromatic heterocycles. The highest BCUT2D eigenvalue weighted by atomic mass is 79.9. The fourth-order valence-electron chi connectivity index (χ4n) is 2.43. The lowest BCUT2D eigenvalue weighted by molar-refractivity contribution is 0.545. The van der Waals surface area contributed by atoms with Crippen molar-refractivity contribution in [3.05, 3.63) is 16.4 Å². The van der Waals surface area contributed by atoms with Crippen molar-refractivity contribution >= 4 is 31.9 Å². The van der Waals surface area contributed by atoms with E-state index in [9.17, 15) is 0 Å². The monoisotopic (exact) mass is 334 g/mol. The summed E-state index contributed by atoms with van der Waals surface area (Å²) >= 11 is 7.37. The van der Waals surface area contributed by atoms with Crippen molar-refractivity contribution in [3.8, 4) is 0 Å². The fourth-order valence-corrected chi connectivity index (χ4v) is 3.88. The Labute approximate surface area is 108 Å². The zero-order valence-electron chi connectivity index (χ0n) is 8.92. The number of rotatable bonds is 1. The normalized spacial score (nSPS) is 27.7. The molecule has 2 nitrogen and oxygen atoms in total. The number of hydrogen-bond donors (Lipinski definition) is 0. The van der Waals surface area contributed by atoms with Gasteiger partial charge in [-0.2, -0.15) is 5.10 Å². The molecule has 0 saturated heterocycles. The summed E-state index contributed by atoms with van der Waals surface area (Å²) in [6.45, 7) is 0. The number of hydrogen-bond acceptors (Lipinski definition) is 1. The van der Waals surface area contributed by atoms with E-state index in [2.05, 4.69) is 37.0 Å². The molecule has 0 aromatic carbocycles. The van der Waals surface area contributed by atoms with Gasteiger partial charge < -0.3 is 0 Å². The molecule has 1 aliphatic carbocycles. The Morgan fingerprint density at radius 2 is 2.13 bits per heavy atom. The zero-order valence-corrected chi connectivity index (χ0v) is 12.1. The van der Waals surface area contributed by atoms with Gasteiger partial charge in [0.1, 0.15) is 0 Å². The summed E-state index contributed by atoms with van der Waals surface area (Å²) in [7, 11) is 2.04. The minimum absolute atomic E-state index is 0.652. The summed E-state index contributed by atoms with van der Waals surface area (Å²) < 4.78 is 3.18. The molecule has 1 saturated carbocycles. The first-order valence-electron chi connectivity index (χ1n) is 5.50. The second kappa shape index (κ2) is 5.00. The van der Waals surface area contributed by atoms with E-state index in [-0.39, 0.29) is 0 Å². The van der Waals surface area contributed by atoms with Crippen LogP contribution in [0.15, 0.2) is 10.7 Å². The van der Waals surface area contributed by atoms with Crippen LogP contribution in [0.2, 0.25) is 0 Å². The Balaban J connectivity index is 2.21. The second-order valence-corrected chi connectivity index (χ2v) is 6.47. The molecule has 2 rings (SSSR count). The molecular weight excluding hydrogens is 320 g/mol. The minimum Gasteiger partial charge on any atom is -0.271 e. The van der Waals surface area contributed by atoms with Crippen LogP contribution in [0.1, 0.15) is 43.7 Å². The van der Waals surface area contributed by atoms with Crippen LogP contribution in [0.3, 0.4) is 0 Å². The second-order valence-electron chi connectivity index (χ2n) is 4.32. The van der Waals surface area contributed by atoms with Crippen LogP contribution < -0.4 is 0 Å². The predicted molar refractivity (Wildman–Crippen MR) is 69.4 cm³/mol. The van der Waals surface area contributed by atoms with E-state index in [1.165, 1.54) is 37.8 Å². The Kier molecular flexibility index (Phi) is 3.88. The summed E-state index contributed by atoms with van der Waals surface area (Å²) in [6.07, 6.45) is 8.43. The highest BCUT2D eigenvalue weighted by Gasteiger charge is 2.23. The molecular formula is C11H16Br2N2. The quantitative estimate of drug-likeness (QED) is 0.560. The van der Waals surface area contributed by atoms with E-state index >= 15 is 0 Å². The molecule has 4 heteroatoms. The maximum Gasteiger partial charge on any atom is 0.0635 e. The molecule has 15 heavy (non-hydrogen) atoms. The largest absolute Gasteiger partial charge is 0.271 e. The lowest BCUT2D eigenvalue weighted by atomic mass is 9.96. The van der Waals surface area contributed by atoms with Gasteiger partial charge >= 0.3 is 0 Å². The van der Waals surface area contributed by atoms with Crippen LogP contribution in [0.5, 0.6) is 0 Å². The molecule has 1 fully saturated rings. The SMILES string of the molecule is Cn1ncc(Br)c1C1CCCCC(Br)C1. The highest BCUT2D eigenvalue weighted by Crippen LogP contribution is 2.37. The van der Waals surface area contributed by atoms with Gasteiger partial charge in [-0.3, -0.25) is 4.68 Å². The molecule has 0 spiro atoms. The van der Waals surface area contributed by atoms with E-state index < -0.39 is 0 Å². The maximum absolute atomic E-state index is 4.30. The molecule has 0 bridgehead atoms. The molecule has 0 radical (unpaired) electrons. The zero-order chi connectivity index (χ0) is 10.8. The van der Waals surface area contributed by atoms with Gasteiger partial charge in [-0.05, 0) is 35.2 Å². The van der Waals surface area contributed by atoms with Crippen LogP contribution in [0.25, 0.3) is 0 Å². The van der Waals surface area contributed by atoms with Gasteiger partial charge in [0.05, 0.1) is 16.4 Å². The highest BCUT2D eigenvalue weighted by molar-refractivity contribution is 9.10. The van der Waals surface area contributed by atoms with Crippen molar-refractivity contribution in [2.45, 2.75) is 42.8 Å². The van der Waals surface area contributed by atoms with Crippen molar-refractivity contribution in [2.24, 2.45) is 7.05 Å². The van der Waals surface area contributed by atoms with E-state index in [4.69, 9.17) is 0 Å². The van der Waals surface area contributed by atoms with Crippen LogP contribution in [0, 0.1) is 0 Å². The molecule has 1 heterocycles. The lowest BCUT2D eigenvalue weighted by Gasteiger charge is -2.17. The number of alkyl halides is 1. The number of aryl methyl sites for hydroxylation is 1. The average Bonchev–Trinajstić information content (AvgIpc) is 2.40. The third-order valence-corrected chi connectivity index (χ3v) is 4.63. The molecule has 1 aliphatic rings.